The average Bonchev–Trinajstić information content (AvgIpc) is 3.26. The molecule has 2 aromatic rings. The van der Waals surface area contributed by atoms with E-state index in [0.29, 0.717) is 18.8 Å². The summed E-state index contributed by atoms with van der Waals surface area (Å²) >= 11 is 1.53. The zero-order chi connectivity index (χ0) is 24.4. The number of hydrogen-bond donors (Lipinski definition) is 1. The van der Waals surface area contributed by atoms with Gasteiger partial charge in [-0.05, 0) is 43.3 Å². The first-order valence-electron chi connectivity index (χ1n) is 12.1. The molecule has 1 unspecified atom stereocenters. The Labute approximate surface area is 208 Å². The Morgan fingerprint density at radius 3 is 2.29 bits per heavy atom. The van der Waals surface area contributed by atoms with Crippen molar-refractivity contribution in [1.29, 1.82) is 0 Å². The van der Waals surface area contributed by atoms with E-state index in [4.69, 9.17) is 4.74 Å². The van der Waals surface area contributed by atoms with Gasteiger partial charge < -0.3 is 19.6 Å². The molecule has 0 spiro atoms. The second-order valence-electron chi connectivity index (χ2n) is 9.17. The van der Waals surface area contributed by atoms with Gasteiger partial charge in [-0.2, -0.15) is 13.2 Å². The Bertz CT molecular complexity index is 1020. The summed E-state index contributed by atoms with van der Waals surface area (Å²) in [4.78, 5) is 10.8. The molecule has 2 aromatic carbocycles. The van der Waals surface area contributed by atoms with Crippen LogP contribution in [0.4, 0.5) is 24.5 Å². The maximum atomic E-state index is 13.4. The van der Waals surface area contributed by atoms with Gasteiger partial charge >= 0.3 is 6.18 Å². The van der Waals surface area contributed by atoms with E-state index >= 15 is 0 Å². The summed E-state index contributed by atoms with van der Waals surface area (Å²) in [6, 6.07) is 12.0. The highest BCUT2D eigenvalue weighted by Gasteiger charge is 2.33. The molecule has 0 aliphatic carbocycles. The molecule has 3 heterocycles. The van der Waals surface area contributed by atoms with Gasteiger partial charge in [0.15, 0.2) is 0 Å². The number of benzene rings is 2. The van der Waals surface area contributed by atoms with E-state index in [2.05, 4.69) is 14.7 Å². The molecule has 0 amide bonds. The zero-order valence-electron chi connectivity index (χ0n) is 19.6. The van der Waals surface area contributed by atoms with Crippen LogP contribution >= 0.6 is 11.8 Å². The second-order valence-corrected chi connectivity index (χ2v) is 10.3. The van der Waals surface area contributed by atoms with E-state index in [1.54, 1.807) is 6.07 Å². The van der Waals surface area contributed by atoms with Crippen LogP contribution in [0, 0.1) is 0 Å². The molecule has 2 fully saturated rings. The number of piperazine rings is 1. The van der Waals surface area contributed by atoms with Crippen molar-refractivity contribution < 1.29 is 23.0 Å². The van der Waals surface area contributed by atoms with Gasteiger partial charge in [-0.25, -0.2) is 0 Å². The smallest absolute Gasteiger partial charge is 0.356 e. The summed E-state index contributed by atoms with van der Waals surface area (Å²) < 4.78 is 45.4. The molecule has 3 aliphatic heterocycles. The zero-order valence-corrected chi connectivity index (χ0v) is 20.4. The number of aliphatic hydroxyl groups is 1. The third kappa shape index (κ3) is 5.79. The van der Waals surface area contributed by atoms with Gasteiger partial charge in [-0.15, -0.1) is 0 Å². The van der Waals surface area contributed by atoms with E-state index < -0.39 is 18.2 Å². The monoisotopic (exact) mass is 508 g/mol. The first kappa shape index (κ1) is 24.9. The van der Waals surface area contributed by atoms with Crippen molar-refractivity contribution in [3.8, 4) is 0 Å². The molecule has 3 aliphatic rings. The summed E-state index contributed by atoms with van der Waals surface area (Å²) in [5.41, 5.74) is 1.01. The maximum Gasteiger partial charge on any atom is 0.416 e. The van der Waals surface area contributed by atoms with Gasteiger partial charge in [0.25, 0.3) is 0 Å². The molecular weight excluding hydrogens is 477 g/mol. The van der Waals surface area contributed by atoms with Crippen molar-refractivity contribution in [2.75, 3.05) is 70.4 Å². The molecule has 0 saturated carbocycles. The van der Waals surface area contributed by atoms with Crippen molar-refractivity contribution in [2.45, 2.75) is 28.8 Å². The highest BCUT2D eigenvalue weighted by atomic mass is 32.2. The minimum atomic E-state index is -4.36. The predicted octanol–water partition coefficient (Wildman–Crippen LogP) is 3.92. The number of halogens is 3. The lowest BCUT2D eigenvalue weighted by Crippen LogP contribution is -2.49. The molecule has 35 heavy (non-hydrogen) atoms. The Morgan fingerprint density at radius 1 is 0.857 bits per heavy atom. The number of hydrogen-bond acceptors (Lipinski definition) is 7. The van der Waals surface area contributed by atoms with E-state index in [0.717, 1.165) is 74.3 Å². The predicted molar refractivity (Wildman–Crippen MR) is 130 cm³/mol. The van der Waals surface area contributed by atoms with Crippen LogP contribution in [0.5, 0.6) is 0 Å². The van der Waals surface area contributed by atoms with Crippen molar-refractivity contribution >= 4 is 23.1 Å². The van der Waals surface area contributed by atoms with E-state index in [1.165, 1.54) is 23.9 Å². The maximum absolute atomic E-state index is 13.4. The molecule has 0 aromatic heterocycles. The molecule has 190 valence electrons. The number of rotatable bonds is 7. The fraction of sp³-hybridized carbons (Fsp3) is 0.520. The third-order valence-electron chi connectivity index (χ3n) is 6.94. The highest BCUT2D eigenvalue weighted by Crippen LogP contribution is 2.49. The van der Waals surface area contributed by atoms with Crippen molar-refractivity contribution in [3.05, 3.63) is 48.0 Å². The first-order chi connectivity index (χ1) is 16.9. The molecule has 0 radical (unpaired) electrons. The van der Waals surface area contributed by atoms with Gasteiger partial charge in [-0.3, -0.25) is 9.80 Å². The number of alkyl halides is 3. The van der Waals surface area contributed by atoms with Gasteiger partial charge in [-0.1, -0.05) is 23.9 Å². The highest BCUT2D eigenvalue weighted by molar-refractivity contribution is 7.99. The number of para-hydroxylation sites is 1. The summed E-state index contributed by atoms with van der Waals surface area (Å²) in [6.07, 6.45) is -4.26. The molecule has 1 atom stereocenters. The van der Waals surface area contributed by atoms with E-state index in [9.17, 15) is 18.3 Å². The van der Waals surface area contributed by atoms with E-state index in [-0.39, 0.29) is 0 Å². The van der Waals surface area contributed by atoms with Crippen LogP contribution in [-0.2, 0) is 10.9 Å². The summed E-state index contributed by atoms with van der Waals surface area (Å²) in [5, 5.41) is 9.76. The SMILES string of the molecule is OC1OCCN1CCN1CCN(CCCN2c3ccccc3Sc3ccc(C(F)(F)F)cc32)CC1. The molecule has 1 N–H and O–H groups in total. The molecule has 2 saturated heterocycles. The number of aliphatic hydroxyl groups excluding tert-OH is 1. The third-order valence-corrected chi connectivity index (χ3v) is 8.07. The number of anilines is 2. The fourth-order valence-electron chi connectivity index (χ4n) is 4.92. The summed E-state index contributed by atoms with van der Waals surface area (Å²) in [5.74, 6) is 0. The van der Waals surface area contributed by atoms with Crippen molar-refractivity contribution in [2.24, 2.45) is 0 Å². The summed E-state index contributed by atoms with van der Waals surface area (Å²) in [6.45, 7) is 8.54. The normalized spacial score (nSPS) is 21.8. The minimum absolute atomic E-state index is 0.580. The van der Waals surface area contributed by atoms with Crippen molar-refractivity contribution in [1.82, 2.24) is 14.7 Å². The average molecular weight is 509 g/mol. The van der Waals surface area contributed by atoms with Crippen LogP contribution < -0.4 is 4.90 Å². The Hall–Kier alpha value is -1.82. The van der Waals surface area contributed by atoms with Gasteiger partial charge in [0, 0.05) is 62.1 Å². The summed E-state index contributed by atoms with van der Waals surface area (Å²) in [7, 11) is 0. The molecule has 5 rings (SSSR count). The van der Waals surface area contributed by atoms with Gasteiger partial charge in [0.1, 0.15) is 0 Å². The lowest BCUT2D eigenvalue weighted by Gasteiger charge is -2.37. The van der Waals surface area contributed by atoms with Crippen LogP contribution in [0.1, 0.15) is 12.0 Å². The van der Waals surface area contributed by atoms with Crippen LogP contribution in [0.15, 0.2) is 52.3 Å². The Morgan fingerprint density at radius 2 is 1.57 bits per heavy atom. The number of fused-ring (bicyclic) bond motifs is 2. The van der Waals surface area contributed by atoms with E-state index in [1.807, 2.05) is 29.2 Å². The second kappa shape index (κ2) is 10.7. The molecule has 0 bridgehead atoms. The standard InChI is InChI=1S/C25H31F3N4O2S/c26-25(27,28)19-6-7-23-21(18-19)32(20-4-1-2-5-22(20)35-23)9-3-8-29-10-12-30(13-11-29)14-15-31-16-17-34-24(31)33/h1-2,4-7,18,24,33H,3,8-17H2. The molecule has 10 heteroatoms. The quantitative estimate of drug-likeness (QED) is 0.608. The lowest BCUT2D eigenvalue weighted by molar-refractivity contribution is -0.137. The van der Waals surface area contributed by atoms with Crippen LogP contribution in [0.3, 0.4) is 0 Å². The Balaban J connectivity index is 1.17. The van der Waals surface area contributed by atoms with Crippen LogP contribution in [0.2, 0.25) is 0 Å². The lowest BCUT2D eigenvalue weighted by atomic mass is 10.1. The topological polar surface area (TPSA) is 42.4 Å². The van der Waals surface area contributed by atoms with Gasteiger partial charge in [0.05, 0.1) is 23.5 Å². The van der Waals surface area contributed by atoms with Crippen LogP contribution in [0.25, 0.3) is 0 Å². The fourth-order valence-corrected chi connectivity index (χ4v) is 5.99. The largest absolute Gasteiger partial charge is 0.416 e. The van der Waals surface area contributed by atoms with Crippen LogP contribution in [-0.4, -0.2) is 91.7 Å². The minimum Gasteiger partial charge on any atom is -0.356 e. The molecule has 6 nitrogen and oxygen atoms in total. The molecular formula is C25H31F3N4O2S. The Kier molecular flexibility index (Phi) is 7.57. The first-order valence-corrected chi connectivity index (χ1v) is 12.9. The number of ether oxygens (including phenoxy) is 1. The number of nitrogens with zero attached hydrogens (tertiary/aromatic N) is 4. The van der Waals surface area contributed by atoms with Gasteiger partial charge in [0.2, 0.25) is 6.41 Å². The van der Waals surface area contributed by atoms with Crippen molar-refractivity contribution in [3.63, 3.8) is 0 Å².